The van der Waals surface area contributed by atoms with Crippen molar-refractivity contribution < 1.29 is 9.59 Å². The van der Waals surface area contributed by atoms with Crippen molar-refractivity contribution in [3.05, 3.63) is 64.8 Å². The molecule has 0 radical (unpaired) electrons. The molecule has 6 heteroatoms. The molecule has 2 aromatic carbocycles. The number of aromatic amines is 1. The highest BCUT2D eigenvalue weighted by molar-refractivity contribution is 5.99. The average molecular weight is 376 g/mol. The lowest BCUT2D eigenvalue weighted by Crippen LogP contribution is -2.47. The van der Waals surface area contributed by atoms with Crippen LogP contribution in [0.3, 0.4) is 0 Å². The second kappa shape index (κ2) is 7.38. The molecule has 0 aliphatic carbocycles. The summed E-state index contributed by atoms with van der Waals surface area (Å²) in [6.45, 7) is 5.08. The molecule has 3 aromatic rings. The van der Waals surface area contributed by atoms with Crippen LogP contribution in [0.25, 0.3) is 10.9 Å². The highest BCUT2D eigenvalue weighted by Crippen LogP contribution is 2.26. The van der Waals surface area contributed by atoms with E-state index in [4.69, 9.17) is 0 Å². The van der Waals surface area contributed by atoms with Crippen LogP contribution < -0.4 is 15.8 Å². The standard InChI is InChI=1S/C22H24N4O2/c1-14-15(2)23-19-10-9-17(12-18(14)19)22(28)25-24-21(27)13-26-11-5-7-16-6-3-4-8-20(16)26/h3-4,6,8-10,12,23H,5,7,11,13H2,1-2H3,(H,24,27)(H,25,28). The molecule has 0 unspecified atom stereocenters. The van der Waals surface area contributed by atoms with Crippen LogP contribution in [0.4, 0.5) is 5.69 Å². The summed E-state index contributed by atoms with van der Waals surface area (Å²) in [5.41, 5.74) is 11.1. The Morgan fingerprint density at radius 3 is 2.79 bits per heavy atom. The number of hydrazine groups is 1. The third-order valence-corrected chi connectivity index (χ3v) is 5.43. The molecule has 6 nitrogen and oxygen atoms in total. The van der Waals surface area contributed by atoms with E-state index in [0.29, 0.717) is 5.56 Å². The van der Waals surface area contributed by atoms with E-state index >= 15 is 0 Å². The Balaban J connectivity index is 1.39. The third kappa shape index (κ3) is 3.45. The van der Waals surface area contributed by atoms with E-state index in [1.807, 2.05) is 44.2 Å². The largest absolute Gasteiger partial charge is 0.362 e. The number of H-pyrrole nitrogens is 1. The number of para-hydroxylation sites is 1. The second-order valence-electron chi connectivity index (χ2n) is 7.29. The maximum absolute atomic E-state index is 12.5. The van der Waals surface area contributed by atoms with Crippen LogP contribution in [-0.2, 0) is 11.2 Å². The summed E-state index contributed by atoms with van der Waals surface area (Å²) in [5, 5.41) is 1.02. The molecule has 4 rings (SSSR count). The number of carbonyl (C=O) groups excluding carboxylic acids is 2. The van der Waals surface area contributed by atoms with Gasteiger partial charge in [-0.1, -0.05) is 18.2 Å². The molecule has 28 heavy (non-hydrogen) atoms. The van der Waals surface area contributed by atoms with Gasteiger partial charge in [0.1, 0.15) is 0 Å². The maximum atomic E-state index is 12.5. The number of nitrogens with one attached hydrogen (secondary N) is 3. The highest BCUT2D eigenvalue weighted by atomic mass is 16.2. The van der Waals surface area contributed by atoms with Crippen LogP contribution in [-0.4, -0.2) is 29.9 Å². The number of nitrogens with zero attached hydrogens (tertiary/aromatic N) is 1. The minimum Gasteiger partial charge on any atom is -0.362 e. The molecule has 2 amide bonds. The molecule has 1 aliphatic heterocycles. The number of amides is 2. The second-order valence-corrected chi connectivity index (χ2v) is 7.29. The Morgan fingerprint density at radius 1 is 1.11 bits per heavy atom. The molecule has 1 aromatic heterocycles. The van der Waals surface area contributed by atoms with E-state index in [1.165, 1.54) is 5.56 Å². The summed E-state index contributed by atoms with van der Waals surface area (Å²) >= 11 is 0. The van der Waals surface area contributed by atoms with E-state index in [-0.39, 0.29) is 18.4 Å². The summed E-state index contributed by atoms with van der Waals surface area (Å²) in [6, 6.07) is 13.6. The van der Waals surface area contributed by atoms with E-state index in [9.17, 15) is 9.59 Å². The number of anilines is 1. The van der Waals surface area contributed by atoms with Crippen molar-refractivity contribution in [2.45, 2.75) is 26.7 Å². The quantitative estimate of drug-likeness (QED) is 0.615. The summed E-state index contributed by atoms with van der Waals surface area (Å²) in [4.78, 5) is 30.1. The Labute approximate surface area is 163 Å². The van der Waals surface area contributed by atoms with Gasteiger partial charge in [-0.25, -0.2) is 0 Å². The fraction of sp³-hybridized carbons (Fsp3) is 0.273. The summed E-state index contributed by atoms with van der Waals surface area (Å²) in [6.07, 6.45) is 2.05. The van der Waals surface area contributed by atoms with Gasteiger partial charge in [0.25, 0.3) is 11.8 Å². The number of hydrogen-bond acceptors (Lipinski definition) is 3. The predicted molar refractivity (Wildman–Crippen MR) is 110 cm³/mol. The number of benzene rings is 2. The third-order valence-electron chi connectivity index (χ3n) is 5.43. The van der Waals surface area contributed by atoms with Crippen LogP contribution in [0.5, 0.6) is 0 Å². The zero-order valence-electron chi connectivity index (χ0n) is 16.1. The first-order valence-electron chi connectivity index (χ1n) is 9.54. The van der Waals surface area contributed by atoms with Gasteiger partial charge >= 0.3 is 0 Å². The Kier molecular flexibility index (Phi) is 4.77. The highest BCUT2D eigenvalue weighted by Gasteiger charge is 2.19. The van der Waals surface area contributed by atoms with Crippen molar-refractivity contribution in [1.82, 2.24) is 15.8 Å². The number of aromatic nitrogens is 1. The van der Waals surface area contributed by atoms with Gasteiger partial charge in [-0.05, 0) is 62.1 Å². The first-order chi connectivity index (χ1) is 13.5. The number of rotatable bonds is 3. The fourth-order valence-corrected chi connectivity index (χ4v) is 3.79. The number of aryl methyl sites for hydroxylation is 3. The lowest BCUT2D eigenvalue weighted by atomic mass is 10.0. The molecule has 0 bridgehead atoms. The molecule has 1 aliphatic rings. The van der Waals surface area contributed by atoms with E-state index in [2.05, 4.69) is 26.8 Å². The average Bonchev–Trinajstić information content (AvgIpc) is 3.00. The molecule has 2 heterocycles. The molecule has 144 valence electrons. The smallest absolute Gasteiger partial charge is 0.269 e. The fourth-order valence-electron chi connectivity index (χ4n) is 3.79. The number of carbonyl (C=O) groups is 2. The van der Waals surface area contributed by atoms with Crippen molar-refractivity contribution >= 4 is 28.4 Å². The number of hydrogen-bond donors (Lipinski definition) is 3. The van der Waals surface area contributed by atoms with Crippen LogP contribution in [0.15, 0.2) is 42.5 Å². The molecule has 0 saturated carbocycles. The van der Waals surface area contributed by atoms with Crippen LogP contribution >= 0.6 is 0 Å². The van der Waals surface area contributed by atoms with Gasteiger partial charge in [-0.2, -0.15) is 0 Å². The molecule has 0 spiro atoms. The van der Waals surface area contributed by atoms with Gasteiger partial charge < -0.3 is 9.88 Å². The molecule has 0 atom stereocenters. The molecule has 0 fully saturated rings. The van der Waals surface area contributed by atoms with E-state index < -0.39 is 0 Å². The van der Waals surface area contributed by atoms with Gasteiger partial charge in [0, 0.05) is 34.4 Å². The van der Waals surface area contributed by atoms with E-state index in [0.717, 1.165) is 47.2 Å². The molecular weight excluding hydrogens is 352 g/mol. The number of fused-ring (bicyclic) bond motifs is 2. The van der Waals surface area contributed by atoms with Crippen LogP contribution in [0, 0.1) is 13.8 Å². The van der Waals surface area contributed by atoms with Crippen molar-refractivity contribution in [1.29, 1.82) is 0 Å². The van der Waals surface area contributed by atoms with Crippen molar-refractivity contribution in [2.24, 2.45) is 0 Å². The van der Waals surface area contributed by atoms with Crippen LogP contribution in [0.1, 0.15) is 33.6 Å². The minimum atomic E-state index is -0.326. The van der Waals surface area contributed by atoms with Crippen LogP contribution in [0.2, 0.25) is 0 Å². The molecule has 3 N–H and O–H groups in total. The zero-order chi connectivity index (χ0) is 19.7. The predicted octanol–water partition coefficient (Wildman–Crippen LogP) is 3.00. The Bertz CT molecular complexity index is 1050. The lowest BCUT2D eigenvalue weighted by molar-refractivity contribution is -0.120. The Morgan fingerprint density at radius 2 is 1.93 bits per heavy atom. The maximum Gasteiger partial charge on any atom is 0.269 e. The normalized spacial score (nSPS) is 13.3. The summed E-state index contributed by atoms with van der Waals surface area (Å²) in [5.74, 6) is -0.563. The van der Waals surface area contributed by atoms with Gasteiger partial charge in [-0.15, -0.1) is 0 Å². The summed E-state index contributed by atoms with van der Waals surface area (Å²) in [7, 11) is 0. The minimum absolute atomic E-state index is 0.215. The Hall–Kier alpha value is -3.28. The van der Waals surface area contributed by atoms with Gasteiger partial charge in [0.05, 0.1) is 6.54 Å². The SMILES string of the molecule is Cc1[nH]c2ccc(C(=O)NNC(=O)CN3CCCc4ccccc43)cc2c1C. The zero-order valence-corrected chi connectivity index (χ0v) is 16.1. The monoisotopic (exact) mass is 376 g/mol. The first-order valence-corrected chi connectivity index (χ1v) is 9.54. The molecule has 0 saturated heterocycles. The topological polar surface area (TPSA) is 77.2 Å². The van der Waals surface area contributed by atoms with Crippen molar-refractivity contribution in [2.75, 3.05) is 18.0 Å². The van der Waals surface area contributed by atoms with Crippen molar-refractivity contribution in [3.8, 4) is 0 Å². The van der Waals surface area contributed by atoms with E-state index in [1.54, 1.807) is 6.07 Å². The van der Waals surface area contributed by atoms with Gasteiger partial charge in [0.15, 0.2) is 0 Å². The van der Waals surface area contributed by atoms with Gasteiger partial charge in [-0.3, -0.25) is 20.4 Å². The van der Waals surface area contributed by atoms with Crippen molar-refractivity contribution in [3.63, 3.8) is 0 Å². The first kappa shape index (κ1) is 18.1. The lowest BCUT2D eigenvalue weighted by Gasteiger charge is -2.30. The van der Waals surface area contributed by atoms with Gasteiger partial charge in [0.2, 0.25) is 0 Å². The molecular formula is C22H24N4O2. The summed E-state index contributed by atoms with van der Waals surface area (Å²) < 4.78 is 0.